The van der Waals surface area contributed by atoms with E-state index in [1.807, 2.05) is 30.3 Å². The van der Waals surface area contributed by atoms with Gasteiger partial charge in [-0.15, -0.1) is 0 Å². The number of rotatable bonds is 5. The van der Waals surface area contributed by atoms with E-state index in [0.717, 1.165) is 5.69 Å². The van der Waals surface area contributed by atoms with Crippen LogP contribution in [0.15, 0.2) is 54.6 Å². The molecule has 2 rings (SSSR count). The Morgan fingerprint density at radius 2 is 1.75 bits per heavy atom. The van der Waals surface area contributed by atoms with Gasteiger partial charge in [0.25, 0.3) is 0 Å². The Labute approximate surface area is 118 Å². The van der Waals surface area contributed by atoms with E-state index in [1.54, 1.807) is 30.1 Å². The number of carbonyl (C=O) groups excluding carboxylic acids is 1. The molecule has 0 heterocycles. The van der Waals surface area contributed by atoms with Crippen LogP contribution in [0.25, 0.3) is 0 Å². The van der Waals surface area contributed by atoms with E-state index in [2.05, 4.69) is 5.32 Å². The Kier molecular flexibility index (Phi) is 4.85. The number of para-hydroxylation sites is 1. The van der Waals surface area contributed by atoms with Gasteiger partial charge < -0.3 is 10.2 Å². The van der Waals surface area contributed by atoms with E-state index in [4.69, 9.17) is 0 Å². The molecule has 20 heavy (non-hydrogen) atoms. The Morgan fingerprint density at radius 3 is 2.45 bits per heavy atom. The van der Waals surface area contributed by atoms with Crippen LogP contribution in [0.1, 0.15) is 5.56 Å². The molecule has 0 saturated heterocycles. The van der Waals surface area contributed by atoms with Gasteiger partial charge in [-0.25, -0.2) is 4.39 Å². The second-order valence-corrected chi connectivity index (χ2v) is 4.48. The Morgan fingerprint density at radius 1 is 1.10 bits per heavy atom. The molecule has 0 atom stereocenters. The van der Waals surface area contributed by atoms with E-state index in [9.17, 15) is 9.18 Å². The number of halogens is 1. The van der Waals surface area contributed by atoms with Crippen molar-refractivity contribution in [3.05, 3.63) is 66.0 Å². The van der Waals surface area contributed by atoms with Crippen molar-refractivity contribution in [2.75, 3.05) is 18.5 Å². The van der Waals surface area contributed by atoms with Crippen molar-refractivity contribution in [3.8, 4) is 0 Å². The zero-order chi connectivity index (χ0) is 14.4. The fraction of sp³-hybridized carbons (Fsp3) is 0.188. The van der Waals surface area contributed by atoms with Crippen LogP contribution in [0.5, 0.6) is 0 Å². The smallest absolute Gasteiger partial charge is 0.240 e. The molecule has 0 aliphatic heterocycles. The van der Waals surface area contributed by atoms with Crippen LogP contribution >= 0.6 is 0 Å². The molecule has 104 valence electrons. The van der Waals surface area contributed by atoms with E-state index >= 15 is 0 Å². The van der Waals surface area contributed by atoms with Gasteiger partial charge in [0.15, 0.2) is 0 Å². The number of amides is 1. The lowest BCUT2D eigenvalue weighted by molar-refractivity contribution is -0.117. The average Bonchev–Trinajstić information content (AvgIpc) is 2.49. The van der Waals surface area contributed by atoms with Crippen molar-refractivity contribution in [3.63, 3.8) is 0 Å². The number of likely N-dealkylation sites (N-methyl/N-ethyl adjacent to an activating group) is 1. The average molecular weight is 272 g/mol. The van der Waals surface area contributed by atoms with Crippen LogP contribution in [0, 0.1) is 5.82 Å². The van der Waals surface area contributed by atoms with E-state index in [0.29, 0.717) is 12.1 Å². The number of hydrogen-bond acceptors (Lipinski definition) is 2. The highest BCUT2D eigenvalue weighted by Crippen LogP contribution is 2.11. The van der Waals surface area contributed by atoms with Gasteiger partial charge in [-0.05, 0) is 18.2 Å². The van der Waals surface area contributed by atoms with Gasteiger partial charge in [-0.1, -0.05) is 36.4 Å². The summed E-state index contributed by atoms with van der Waals surface area (Å²) in [6.07, 6.45) is 0. The summed E-state index contributed by atoms with van der Waals surface area (Å²) in [5.41, 5.74) is 1.40. The minimum atomic E-state index is -0.260. The van der Waals surface area contributed by atoms with Crippen molar-refractivity contribution in [1.29, 1.82) is 0 Å². The molecule has 2 aromatic rings. The number of nitrogens with one attached hydrogen (secondary N) is 1. The summed E-state index contributed by atoms with van der Waals surface area (Å²) in [5.74, 6) is -0.323. The van der Waals surface area contributed by atoms with E-state index in [-0.39, 0.29) is 18.3 Å². The van der Waals surface area contributed by atoms with Crippen molar-refractivity contribution in [1.82, 2.24) is 5.32 Å². The lowest BCUT2D eigenvalue weighted by Crippen LogP contribution is -2.35. The topological polar surface area (TPSA) is 32.3 Å². The predicted octanol–water partition coefficient (Wildman–Crippen LogP) is 2.58. The maximum Gasteiger partial charge on any atom is 0.240 e. The van der Waals surface area contributed by atoms with E-state index < -0.39 is 0 Å². The molecule has 0 fully saturated rings. The zero-order valence-corrected chi connectivity index (χ0v) is 11.3. The van der Waals surface area contributed by atoms with Crippen molar-refractivity contribution in [2.24, 2.45) is 0 Å². The van der Waals surface area contributed by atoms with Gasteiger partial charge in [0.1, 0.15) is 5.82 Å². The maximum atomic E-state index is 13.4. The highest BCUT2D eigenvalue weighted by atomic mass is 19.1. The summed E-state index contributed by atoms with van der Waals surface area (Å²) < 4.78 is 13.4. The molecule has 0 radical (unpaired) electrons. The molecular weight excluding hydrogens is 255 g/mol. The second kappa shape index (κ2) is 6.82. The molecular formula is C16H17FN2O. The van der Waals surface area contributed by atoms with Gasteiger partial charge in [-0.2, -0.15) is 0 Å². The summed E-state index contributed by atoms with van der Waals surface area (Å²) in [5, 5.41) is 2.96. The van der Waals surface area contributed by atoms with Crippen LogP contribution in [-0.4, -0.2) is 19.5 Å². The molecule has 4 heteroatoms. The Balaban J connectivity index is 1.85. The molecule has 0 aromatic heterocycles. The quantitative estimate of drug-likeness (QED) is 0.907. The number of carbonyl (C=O) groups is 1. The summed E-state index contributed by atoms with van der Waals surface area (Å²) in [6, 6.07) is 15.9. The Bertz CT molecular complexity index is 572. The van der Waals surface area contributed by atoms with Crippen LogP contribution in [0.3, 0.4) is 0 Å². The van der Waals surface area contributed by atoms with Crippen LogP contribution in [0.2, 0.25) is 0 Å². The summed E-state index contributed by atoms with van der Waals surface area (Å²) in [6.45, 7) is 0.501. The molecule has 0 bridgehead atoms. The molecule has 0 aliphatic rings. The largest absolute Gasteiger partial charge is 0.314 e. The fourth-order valence-electron chi connectivity index (χ4n) is 1.86. The SMILES string of the molecule is CN(C(=O)CNCc1ccccc1F)c1ccccc1. The highest BCUT2D eigenvalue weighted by Gasteiger charge is 2.10. The van der Waals surface area contributed by atoms with Crippen LogP contribution < -0.4 is 10.2 Å². The summed E-state index contributed by atoms with van der Waals surface area (Å²) in [4.78, 5) is 13.6. The van der Waals surface area contributed by atoms with E-state index in [1.165, 1.54) is 6.07 Å². The minimum absolute atomic E-state index is 0.0625. The van der Waals surface area contributed by atoms with Crippen LogP contribution in [0.4, 0.5) is 10.1 Å². The third kappa shape index (κ3) is 3.65. The molecule has 0 saturated carbocycles. The van der Waals surface area contributed by atoms with Crippen molar-refractivity contribution < 1.29 is 9.18 Å². The van der Waals surface area contributed by atoms with Gasteiger partial charge in [0, 0.05) is 24.8 Å². The van der Waals surface area contributed by atoms with Gasteiger partial charge in [0.05, 0.1) is 6.54 Å². The number of anilines is 1. The monoisotopic (exact) mass is 272 g/mol. The molecule has 0 spiro atoms. The Hall–Kier alpha value is -2.20. The molecule has 1 amide bonds. The number of benzene rings is 2. The standard InChI is InChI=1S/C16H17FN2O/c1-19(14-8-3-2-4-9-14)16(20)12-18-11-13-7-5-6-10-15(13)17/h2-10,18H,11-12H2,1H3. The normalized spacial score (nSPS) is 10.3. The van der Waals surface area contributed by atoms with Crippen molar-refractivity contribution >= 4 is 11.6 Å². The van der Waals surface area contributed by atoms with Gasteiger partial charge >= 0.3 is 0 Å². The summed E-state index contributed by atoms with van der Waals surface area (Å²) in [7, 11) is 1.72. The molecule has 1 N–H and O–H groups in total. The molecule has 0 aliphatic carbocycles. The van der Waals surface area contributed by atoms with Gasteiger partial charge in [-0.3, -0.25) is 4.79 Å². The fourth-order valence-corrected chi connectivity index (χ4v) is 1.86. The first-order chi connectivity index (χ1) is 9.68. The second-order valence-electron chi connectivity index (χ2n) is 4.48. The van der Waals surface area contributed by atoms with Crippen LogP contribution in [-0.2, 0) is 11.3 Å². The third-order valence-corrected chi connectivity index (χ3v) is 3.07. The van der Waals surface area contributed by atoms with Gasteiger partial charge in [0.2, 0.25) is 5.91 Å². The zero-order valence-electron chi connectivity index (χ0n) is 11.3. The minimum Gasteiger partial charge on any atom is -0.314 e. The molecule has 2 aromatic carbocycles. The predicted molar refractivity (Wildman–Crippen MR) is 78.0 cm³/mol. The number of hydrogen-bond donors (Lipinski definition) is 1. The first-order valence-corrected chi connectivity index (χ1v) is 6.44. The lowest BCUT2D eigenvalue weighted by Gasteiger charge is -2.17. The third-order valence-electron chi connectivity index (χ3n) is 3.07. The summed E-state index contributed by atoms with van der Waals surface area (Å²) >= 11 is 0. The lowest BCUT2D eigenvalue weighted by atomic mass is 10.2. The maximum absolute atomic E-state index is 13.4. The highest BCUT2D eigenvalue weighted by molar-refractivity contribution is 5.94. The molecule has 0 unspecified atom stereocenters. The number of nitrogens with zero attached hydrogens (tertiary/aromatic N) is 1. The molecule has 3 nitrogen and oxygen atoms in total. The first kappa shape index (κ1) is 14.2. The first-order valence-electron chi connectivity index (χ1n) is 6.44. The van der Waals surface area contributed by atoms with Crippen molar-refractivity contribution in [2.45, 2.75) is 6.54 Å².